The van der Waals surface area contributed by atoms with Crippen LogP contribution in [0.15, 0.2) is 11.4 Å². The standard InChI is InChI=1S/C15H24OS/c1-10(2)12-4-6-13(7-5-12)15(16)14-8-11(3)17-9-14/h8-10,12-13,15-16H,4-7H2,1-3H3. The number of aliphatic hydroxyl groups excluding tert-OH is 1. The van der Waals surface area contributed by atoms with Crippen LogP contribution in [0.4, 0.5) is 0 Å². The van der Waals surface area contributed by atoms with E-state index < -0.39 is 0 Å². The van der Waals surface area contributed by atoms with Crippen molar-refractivity contribution < 1.29 is 5.11 Å². The Bertz CT molecular complexity index is 348. The predicted molar refractivity (Wildman–Crippen MR) is 74.3 cm³/mol. The maximum Gasteiger partial charge on any atom is 0.0826 e. The van der Waals surface area contributed by atoms with Gasteiger partial charge in [0.1, 0.15) is 0 Å². The minimum atomic E-state index is -0.229. The van der Waals surface area contributed by atoms with Crippen molar-refractivity contribution in [1.29, 1.82) is 0 Å². The largest absolute Gasteiger partial charge is 0.388 e. The molecule has 1 nitrogen and oxygen atoms in total. The molecule has 1 heterocycles. The van der Waals surface area contributed by atoms with Gasteiger partial charge in [-0.05, 0) is 67.4 Å². The second kappa shape index (κ2) is 5.53. The van der Waals surface area contributed by atoms with Crippen molar-refractivity contribution in [2.75, 3.05) is 0 Å². The Hall–Kier alpha value is -0.340. The van der Waals surface area contributed by atoms with Gasteiger partial charge < -0.3 is 5.11 Å². The van der Waals surface area contributed by atoms with E-state index in [1.165, 1.54) is 30.6 Å². The summed E-state index contributed by atoms with van der Waals surface area (Å²) in [6.45, 7) is 6.75. The van der Waals surface area contributed by atoms with E-state index in [1.54, 1.807) is 11.3 Å². The molecule has 0 radical (unpaired) electrons. The molecule has 1 aromatic rings. The summed E-state index contributed by atoms with van der Waals surface area (Å²) in [5.41, 5.74) is 1.14. The van der Waals surface area contributed by atoms with Crippen LogP contribution in [0.2, 0.25) is 0 Å². The van der Waals surface area contributed by atoms with Gasteiger partial charge in [-0.2, -0.15) is 0 Å². The van der Waals surface area contributed by atoms with E-state index in [9.17, 15) is 5.11 Å². The summed E-state index contributed by atoms with van der Waals surface area (Å²) < 4.78 is 0. The van der Waals surface area contributed by atoms with Crippen LogP contribution < -0.4 is 0 Å². The summed E-state index contributed by atoms with van der Waals surface area (Å²) in [7, 11) is 0. The molecule has 1 unspecified atom stereocenters. The zero-order valence-electron chi connectivity index (χ0n) is 11.1. The monoisotopic (exact) mass is 252 g/mol. The Kier molecular flexibility index (Phi) is 4.26. The van der Waals surface area contributed by atoms with E-state index in [0.717, 1.165) is 17.4 Å². The highest BCUT2D eigenvalue weighted by Gasteiger charge is 2.28. The Morgan fingerprint density at radius 2 is 1.76 bits per heavy atom. The van der Waals surface area contributed by atoms with Crippen LogP contribution in [0.5, 0.6) is 0 Å². The molecule has 96 valence electrons. The van der Waals surface area contributed by atoms with Gasteiger partial charge in [-0.25, -0.2) is 0 Å². The van der Waals surface area contributed by atoms with E-state index in [0.29, 0.717) is 5.92 Å². The summed E-state index contributed by atoms with van der Waals surface area (Å²) in [5.74, 6) is 2.16. The van der Waals surface area contributed by atoms with E-state index in [-0.39, 0.29) is 6.10 Å². The summed E-state index contributed by atoms with van der Waals surface area (Å²) in [6.07, 6.45) is 4.75. The van der Waals surface area contributed by atoms with Gasteiger partial charge in [-0.1, -0.05) is 13.8 Å². The first kappa shape index (κ1) is 13.1. The van der Waals surface area contributed by atoms with Crippen LogP contribution in [-0.4, -0.2) is 5.11 Å². The van der Waals surface area contributed by atoms with Crippen LogP contribution >= 0.6 is 11.3 Å². The lowest BCUT2D eigenvalue weighted by Crippen LogP contribution is -2.22. The molecule has 0 bridgehead atoms. The quantitative estimate of drug-likeness (QED) is 0.836. The number of rotatable bonds is 3. The van der Waals surface area contributed by atoms with Gasteiger partial charge in [-0.15, -0.1) is 11.3 Å². The Morgan fingerprint density at radius 1 is 1.18 bits per heavy atom. The molecule has 1 aliphatic carbocycles. The average Bonchev–Trinajstić information content (AvgIpc) is 2.75. The van der Waals surface area contributed by atoms with E-state index in [2.05, 4.69) is 32.2 Å². The number of thiophene rings is 1. The first-order chi connectivity index (χ1) is 8.08. The SMILES string of the molecule is Cc1cc(C(O)C2CCC(C(C)C)CC2)cs1. The molecule has 0 aromatic carbocycles. The summed E-state index contributed by atoms with van der Waals surface area (Å²) in [5, 5.41) is 12.5. The molecule has 0 aliphatic heterocycles. The van der Waals surface area contributed by atoms with Crippen molar-refractivity contribution in [3.05, 3.63) is 21.9 Å². The summed E-state index contributed by atoms with van der Waals surface area (Å²) in [4.78, 5) is 1.30. The summed E-state index contributed by atoms with van der Waals surface area (Å²) >= 11 is 1.74. The fourth-order valence-corrected chi connectivity index (χ4v) is 3.75. The molecule has 0 spiro atoms. The molecule has 2 rings (SSSR count). The third-order valence-corrected chi connectivity index (χ3v) is 5.18. The number of aliphatic hydroxyl groups is 1. The molecule has 2 heteroatoms. The van der Waals surface area contributed by atoms with Gasteiger partial charge in [0.05, 0.1) is 6.10 Å². The maximum atomic E-state index is 10.4. The zero-order valence-corrected chi connectivity index (χ0v) is 12.0. The smallest absolute Gasteiger partial charge is 0.0826 e. The minimum Gasteiger partial charge on any atom is -0.388 e. The lowest BCUT2D eigenvalue weighted by atomic mass is 9.74. The van der Waals surface area contributed by atoms with Crippen LogP contribution in [-0.2, 0) is 0 Å². The molecule has 1 N–H and O–H groups in total. The molecule has 1 aromatic heterocycles. The maximum absolute atomic E-state index is 10.4. The lowest BCUT2D eigenvalue weighted by Gasteiger charge is -2.33. The molecule has 0 amide bonds. The zero-order chi connectivity index (χ0) is 12.4. The van der Waals surface area contributed by atoms with Gasteiger partial charge in [0.25, 0.3) is 0 Å². The Morgan fingerprint density at radius 3 is 2.24 bits per heavy atom. The summed E-state index contributed by atoms with van der Waals surface area (Å²) in [6, 6.07) is 2.14. The Balaban J connectivity index is 1.92. The molecule has 1 atom stereocenters. The van der Waals surface area contributed by atoms with Crippen LogP contribution in [0.3, 0.4) is 0 Å². The van der Waals surface area contributed by atoms with Crippen LogP contribution in [0, 0.1) is 24.7 Å². The molecule has 17 heavy (non-hydrogen) atoms. The lowest BCUT2D eigenvalue weighted by molar-refractivity contribution is 0.0671. The average molecular weight is 252 g/mol. The van der Waals surface area contributed by atoms with Crippen molar-refractivity contribution in [3.63, 3.8) is 0 Å². The molecule has 1 fully saturated rings. The molecule has 1 aliphatic rings. The minimum absolute atomic E-state index is 0.229. The van der Waals surface area contributed by atoms with Gasteiger partial charge in [0, 0.05) is 4.88 Å². The molecular formula is C15H24OS. The normalized spacial score (nSPS) is 27.4. The molecule has 1 saturated carbocycles. The van der Waals surface area contributed by atoms with Gasteiger partial charge >= 0.3 is 0 Å². The van der Waals surface area contributed by atoms with Crippen molar-refractivity contribution in [2.24, 2.45) is 17.8 Å². The first-order valence-electron chi connectivity index (χ1n) is 6.81. The van der Waals surface area contributed by atoms with Crippen molar-refractivity contribution in [3.8, 4) is 0 Å². The first-order valence-corrected chi connectivity index (χ1v) is 7.69. The second-order valence-electron chi connectivity index (χ2n) is 5.85. The van der Waals surface area contributed by atoms with Crippen molar-refractivity contribution in [1.82, 2.24) is 0 Å². The third kappa shape index (κ3) is 3.11. The third-order valence-electron chi connectivity index (χ3n) is 4.30. The molecule has 0 saturated heterocycles. The van der Waals surface area contributed by atoms with Crippen LogP contribution in [0.1, 0.15) is 56.1 Å². The Labute approximate surface area is 109 Å². The number of hydrogen-bond acceptors (Lipinski definition) is 2. The topological polar surface area (TPSA) is 20.2 Å². The highest BCUT2D eigenvalue weighted by atomic mass is 32.1. The van der Waals surface area contributed by atoms with Crippen molar-refractivity contribution in [2.45, 2.75) is 52.6 Å². The fourth-order valence-electron chi connectivity index (χ4n) is 3.02. The van der Waals surface area contributed by atoms with E-state index >= 15 is 0 Å². The highest BCUT2D eigenvalue weighted by Crippen LogP contribution is 2.39. The van der Waals surface area contributed by atoms with Crippen LogP contribution in [0.25, 0.3) is 0 Å². The van der Waals surface area contributed by atoms with Crippen molar-refractivity contribution >= 4 is 11.3 Å². The molecular weight excluding hydrogens is 228 g/mol. The number of aryl methyl sites for hydroxylation is 1. The highest BCUT2D eigenvalue weighted by molar-refractivity contribution is 7.10. The second-order valence-corrected chi connectivity index (χ2v) is 6.97. The van der Waals surface area contributed by atoms with Gasteiger partial charge in [-0.3, -0.25) is 0 Å². The van der Waals surface area contributed by atoms with E-state index in [1.807, 2.05) is 0 Å². The fraction of sp³-hybridized carbons (Fsp3) is 0.733. The number of hydrogen-bond donors (Lipinski definition) is 1. The van der Waals surface area contributed by atoms with Gasteiger partial charge in [0.15, 0.2) is 0 Å². The predicted octanol–water partition coefficient (Wildman–Crippen LogP) is 4.55. The van der Waals surface area contributed by atoms with E-state index in [4.69, 9.17) is 0 Å². The van der Waals surface area contributed by atoms with Gasteiger partial charge in [0.2, 0.25) is 0 Å².